The van der Waals surface area contributed by atoms with Crippen LogP contribution in [-0.2, 0) is 0 Å². The predicted octanol–water partition coefficient (Wildman–Crippen LogP) is 1.91. The Kier molecular flexibility index (Phi) is 4.90. The van der Waals surface area contributed by atoms with Gasteiger partial charge in [0.1, 0.15) is 0 Å². The van der Waals surface area contributed by atoms with E-state index in [0.717, 1.165) is 37.0 Å². The van der Waals surface area contributed by atoms with Gasteiger partial charge in [-0.2, -0.15) is 0 Å². The second-order valence-corrected chi connectivity index (χ2v) is 8.45. The molecule has 1 amide bonds. The number of pyridine rings is 1. The van der Waals surface area contributed by atoms with Gasteiger partial charge in [0.2, 0.25) is 0 Å². The van der Waals surface area contributed by atoms with Gasteiger partial charge in [-0.15, -0.1) is 10.2 Å². The topological polar surface area (TPSA) is 57.0 Å². The predicted molar refractivity (Wildman–Crippen MR) is 105 cm³/mol. The van der Waals surface area contributed by atoms with Crippen molar-refractivity contribution in [1.29, 1.82) is 0 Å². The van der Waals surface area contributed by atoms with Crippen LogP contribution in [0.2, 0.25) is 0 Å². The minimum Gasteiger partial charge on any atom is -0.345 e. The van der Waals surface area contributed by atoms with Gasteiger partial charge in [0, 0.05) is 52.5 Å². The summed E-state index contributed by atoms with van der Waals surface area (Å²) >= 11 is 0. The zero-order valence-electron chi connectivity index (χ0n) is 16.8. The Morgan fingerprint density at radius 2 is 2.00 bits per heavy atom. The Labute approximate surface area is 160 Å². The minimum atomic E-state index is -0.00345. The van der Waals surface area contributed by atoms with Crippen LogP contribution in [0.15, 0.2) is 18.3 Å². The van der Waals surface area contributed by atoms with E-state index in [1.54, 1.807) is 19.0 Å². The van der Waals surface area contributed by atoms with Crippen LogP contribution in [0.3, 0.4) is 0 Å². The van der Waals surface area contributed by atoms with Gasteiger partial charge in [-0.05, 0) is 44.7 Å². The largest absolute Gasteiger partial charge is 0.345 e. The Hall–Kier alpha value is -1.99. The van der Waals surface area contributed by atoms with Crippen LogP contribution in [0, 0.1) is 5.92 Å². The summed E-state index contributed by atoms with van der Waals surface area (Å²) in [4.78, 5) is 19.1. The summed E-state index contributed by atoms with van der Waals surface area (Å²) in [6.45, 7) is 8.82. The van der Waals surface area contributed by atoms with E-state index in [9.17, 15) is 4.79 Å². The molecule has 0 bridgehead atoms. The number of aromatic nitrogens is 3. The zero-order chi connectivity index (χ0) is 19.1. The summed E-state index contributed by atoms with van der Waals surface area (Å²) in [7, 11) is 3.55. The molecule has 1 unspecified atom stereocenters. The van der Waals surface area contributed by atoms with Crippen LogP contribution in [-0.4, -0.2) is 81.5 Å². The lowest BCUT2D eigenvalue weighted by molar-refractivity contribution is 0.0437. The molecule has 0 aromatic carbocycles. The summed E-state index contributed by atoms with van der Waals surface area (Å²) in [5.41, 5.74) is 1.46. The molecule has 7 nitrogen and oxygen atoms in total. The Bertz CT molecular complexity index is 825. The van der Waals surface area contributed by atoms with Crippen molar-refractivity contribution in [3.8, 4) is 0 Å². The molecule has 27 heavy (non-hydrogen) atoms. The molecule has 0 N–H and O–H groups in total. The van der Waals surface area contributed by atoms with E-state index in [4.69, 9.17) is 0 Å². The fraction of sp³-hybridized carbons (Fsp3) is 0.650. The van der Waals surface area contributed by atoms with Gasteiger partial charge in [-0.3, -0.25) is 19.0 Å². The van der Waals surface area contributed by atoms with Gasteiger partial charge < -0.3 is 4.90 Å². The number of nitrogens with zero attached hydrogens (tertiary/aromatic N) is 6. The second-order valence-electron chi connectivity index (χ2n) is 8.45. The van der Waals surface area contributed by atoms with Crippen LogP contribution in [0.5, 0.6) is 0 Å². The van der Waals surface area contributed by atoms with E-state index >= 15 is 0 Å². The molecule has 7 heteroatoms. The van der Waals surface area contributed by atoms with E-state index < -0.39 is 0 Å². The first-order chi connectivity index (χ1) is 12.9. The van der Waals surface area contributed by atoms with Crippen molar-refractivity contribution < 1.29 is 4.79 Å². The summed E-state index contributed by atoms with van der Waals surface area (Å²) < 4.78 is 2.01. The molecular formula is C20H30N6O. The molecule has 2 aromatic heterocycles. The molecule has 1 saturated heterocycles. The fourth-order valence-corrected chi connectivity index (χ4v) is 4.05. The quantitative estimate of drug-likeness (QED) is 0.805. The highest BCUT2D eigenvalue weighted by Gasteiger charge is 2.35. The van der Waals surface area contributed by atoms with Gasteiger partial charge in [0.15, 0.2) is 11.5 Å². The van der Waals surface area contributed by atoms with Crippen molar-refractivity contribution in [2.24, 2.45) is 5.92 Å². The third-order valence-corrected chi connectivity index (χ3v) is 5.76. The van der Waals surface area contributed by atoms with Gasteiger partial charge in [-0.1, -0.05) is 0 Å². The van der Waals surface area contributed by atoms with Gasteiger partial charge in [0.05, 0.1) is 11.6 Å². The van der Waals surface area contributed by atoms with Crippen LogP contribution < -0.4 is 0 Å². The molecule has 1 aliphatic carbocycles. The first kappa shape index (κ1) is 18.4. The summed E-state index contributed by atoms with van der Waals surface area (Å²) in [6.07, 6.45) is 4.64. The lowest BCUT2D eigenvalue weighted by Gasteiger charge is -2.42. The highest BCUT2D eigenvalue weighted by Crippen LogP contribution is 2.33. The van der Waals surface area contributed by atoms with Crippen molar-refractivity contribution in [1.82, 2.24) is 29.3 Å². The monoisotopic (exact) mass is 370 g/mol. The van der Waals surface area contributed by atoms with E-state index in [0.29, 0.717) is 11.6 Å². The van der Waals surface area contributed by atoms with Crippen LogP contribution in [0.25, 0.3) is 5.65 Å². The second kappa shape index (κ2) is 7.20. The number of piperazine rings is 1. The molecule has 146 valence electrons. The number of hydrogen-bond acceptors (Lipinski definition) is 5. The van der Waals surface area contributed by atoms with Gasteiger partial charge >= 0.3 is 0 Å². The molecule has 4 rings (SSSR count). The van der Waals surface area contributed by atoms with E-state index in [-0.39, 0.29) is 11.9 Å². The molecule has 2 aliphatic rings. The van der Waals surface area contributed by atoms with Crippen molar-refractivity contribution >= 4 is 11.6 Å². The SMILES string of the molecule is CC(C)N1CCN(CC2CC2)CC1c1nnc2ccc(C(=O)N(C)C)cn12. The first-order valence-corrected chi connectivity index (χ1v) is 9.98. The first-order valence-electron chi connectivity index (χ1n) is 9.98. The van der Waals surface area contributed by atoms with E-state index in [1.807, 2.05) is 22.7 Å². The number of rotatable bonds is 5. The zero-order valence-corrected chi connectivity index (χ0v) is 16.8. The normalized spacial score (nSPS) is 21.9. The molecule has 0 radical (unpaired) electrons. The standard InChI is InChI=1S/C20H30N6O/c1-14(2)25-10-9-24(11-15-5-6-15)13-17(25)19-22-21-18-8-7-16(12-26(18)19)20(27)23(3)4/h7-8,12,14-15,17H,5-6,9-11,13H2,1-4H3. The maximum atomic E-state index is 12.4. The van der Waals surface area contributed by atoms with E-state index in [2.05, 4.69) is 33.8 Å². The lowest BCUT2D eigenvalue weighted by atomic mass is 10.1. The maximum Gasteiger partial charge on any atom is 0.254 e. The number of carbonyl (C=O) groups excluding carboxylic acids is 1. The summed E-state index contributed by atoms with van der Waals surface area (Å²) in [5, 5.41) is 8.92. The summed E-state index contributed by atoms with van der Waals surface area (Å²) in [6, 6.07) is 4.35. The Balaban J connectivity index is 1.68. The maximum absolute atomic E-state index is 12.4. The number of fused-ring (bicyclic) bond motifs is 1. The molecule has 1 aliphatic heterocycles. The third kappa shape index (κ3) is 3.71. The van der Waals surface area contributed by atoms with Gasteiger partial charge in [0.25, 0.3) is 5.91 Å². The smallest absolute Gasteiger partial charge is 0.254 e. The number of carbonyl (C=O) groups is 1. The number of hydrogen-bond donors (Lipinski definition) is 0. The fourth-order valence-electron chi connectivity index (χ4n) is 4.05. The van der Waals surface area contributed by atoms with Gasteiger partial charge in [-0.25, -0.2) is 0 Å². The Morgan fingerprint density at radius 1 is 1.22 bits per heavy atom. The average Bonchev–Trinajstić information content (AvgIpc) is 3.36. The molecule has 1 saturated carbocycles. The molecule has 2 aromatic rings. The average molecular weight is 371 g/mol. The minimum absolute atomic E-state index is 0.00345. The third-order valence-electron chi connectivity index (χ3n) is 5.76. The highest BCUT2D eigenvalue weighted by molar-refractivity contribution is 5.93. The lowest BCUT2D eigenvalue weighted by Crippen LogP contribution is -2.51. The Morgan fingerprint density at radius 3 is 2.67 bits per heavy atom. The molecule has 2 fully saturated rings. The molecule has 1 atom stereocenters. The van der Waals surface area contributed by atoms with E-state index in [1.165, 1.54) is 19.4 Å². The van der Waals surface area contributed by atoms with Crippen LogP contribution in [0.4, 0.5) is 0 Å². The van der Waals surface area contributed by atoms with Crippen molar-refractivity contribution in [3.05, 3.63) is 29.7 Å². The van der Waals surface area contributed by atoms with Crippen molar-refractivity contribution in [2.75, 3.05) is 40.3 Å². The molecule has 0 spiro atoms. The van der Waals surface area contributed by atoms with Crippen LogP contribution >= 0.6 is 0 Å². The molecular weight excluding hydrogens is 340 g/mol. The van der Waals surface area contributed by atoms with Crippen molar-refractivity contribution in [2.45, 2.75) is 38.8 Å². The summed E-state index contributed by atoms with van der Waals surface area (Å²) in [5.74, 6) is 1.82. The highest BCUT2D eigenvalue weighted by atomic mass is 16.2. The van der Waals surface area contributed by atoms with Crippen molar-refractivity contribution in [3.63, 3.8) is 0 Å². The number of amides is 1. The van der Waals surface area contributed by atoms with Crippen LogP contribution in [0.1, 0.15) is 48.9 Å². The molecule has 3 heterocycles.